The highest BCUT2D eigenvalue weighted by molar-refractivity contribution is 6.10. The Balaban J connectivity index is 1.82. The maximum atomic E-state index is 2.35. The Labute approximate surface area is 153 Å². The second-order valence-electron chi connectivity index (χ2n) is 6.79. The SMILES string of the molecule is Cc1ccc(-c2ccc3c(c2)c2ccccc2n3-c2ccccc2)cc1. The summed E-state index contributed by atoms with van der Waals surface area (Å²) in [6.07, 6.45) is 0. The molecule has 0 bridgehead atoms. The van der Waals surface area contributed by atoms with Crippen LogP contribution < -0.4 is 0 Å². The van der Waals surface area contributed by atoms with E-state index >= 15 is 0 Å². The summed E-state index contributed by atoms with van der Waals surface area (Å²) in [7, 11) is 0. The Bertz CT molecular complexity index is 1210. The molecule has 4 aromatic carbocycles. The fourth-order valence-electron chi connectivity index (χ4n) is 3.75. The van der Waals surface area contributed by atoms with E-state index in [4.69, 9.17) is 0 Å². The van der Waals surface area contributed by atoms with Crippen molar-refractivity contribution in [1.29, 1.82) is 0 Å². The molecule has 5 rings (SSSR count). The van der Waals surface area contributed by atoms with Gasteiger partial charge in [0.15, 0.2) is 0 Å². The van der Waals surface area contributed by atoms with Crippen molar-refractivity contribution in [3.05, 3.63) is 103 Å². The number of aromatic nitrogens is 1. The van der Waals surface area contributed by atoms with Crippen LogP contribution in [0.5, 0.6) is 0 Å². The molecule has 0 aliphatic heterocycles. The number of hydrogen-bond acceptors (Lipinski definition) is 0. The van der Waals surface area contributed by atoms with Gasteiger partial charge in [0.25, 0.3) is 0 Å². The highest BCUT2D eigenvalue weighted by Crippen LogP contribution is 2.34. The van der Waals surface area contributed by atoms with E-state index < -0.39 is 0 Å². The summed E-state index contributed by atoms with van der Waals surface area (Å²) in [5, 5.41) is 2.59. The molecule has 1 heteroatoms. The van der Waals surface area contributed by atoms with E-state index in [-0.39, 0.29) is 0 Å². The van der Waals surface area contributed by atoms with Crippen LogP contribution in [0.2, 0.25) is 0 Å². The predicted molar refractivity (Wildman–Crippen MR) is 111 cm³/mol. The van der Waals surface area contributed by atoms with Gasteiger partial charge in [-0.25, -0.2) is 0 Å². The molecule has 0 atom stereocenters. The lowest BCUT2D eigenvalue weighted by atomic mass is 10.0. The van der Waals surface area contributed by atoms with Crippen LogP contribution in [-0.4, -0.2) is 4.57 Å². The van der Waals surface area contributed by atoms with Crippen molar-refractivity contribution in [3.8, 4) is 16.8 Å². The van der Waals surface area contributed by atoms with E-state index in [0.29, 0.717) is 0 Å². The maximum absolute atomic E-state index is 2.35. The second kappa shape index (κ2) is 5.89. The number of para-hydroxylation sites is 2. The molecule has 5 aromatic rings. The molecule has 26 heavy (non-hydrogen) atoms. The number of benzene rings is 4. The first-order valence-corrected chi connectivity index (χ1v) is 8.97. The molecule has 1 aromatic heterocycles. The summed E-state index contributed by atoms with van der Waals surface area (Å²) in [6.45, 7) is 2.13. The average molecular weight is 333 g/mol. The third kappa shape index (κ3) is 2.33. The third-order valence-corrected chi connectivity index (χ3v) is 5.07. The van der Waals surface area contributed by atoms with Crippen LogP contribution in [0.4, 0.5) is 0 Å². The minimum absolute atomic E-state index is 1.20. The van der Waals surface area contributed by atoms with E-state index in [0.717, 1.165) is 0 Å². The minimum atomic E-state index is 1.20. The standard InChI is InChI=1S/C25H19N/c1-18-11-13-19(14-12-18)20-15-16-25-23(17-20)22-9-5-6-10-24(22)26(25)21-7-3-2-4-8-21/h2-17H,1H3. The van der Waals surface area contributed by atoms with Gasteiger partial charge in [-0.15, -0.1) is 0 Å². The molecule has 1 heterocycles. The molecular formula is C25H19N. The van der Waals surface area contributed by atoms with E-state index in [9.17, 15) is 0 Å². The van der Waals surface area contributed by atoms with E-state index in [2.05, 4.69) is 109 Å². The molecule has 0 saturated heterocycles. The molecule has 0 amide bonds. The van der Waals surface area contributed by atoms with Crippen molar-refractivity contribution in [3.63, 3.8) is 0 Å². The molecule has 124 valence electrons. The summed E-state index contributed by atoms with van der Waals surface area (Å²) in [5.74, 6) is 0. The molecule has 0 aliphatic carbocycles. The summed E-state index contributed by atoms with van der Waals surface area (Å²) in [6, 6.07) is 34.8. The van der Waals surface area contributed by atoms with Crippen molar-refractivity contribution >= 4 is 21.8 Å². The number of hydrogen-bond donors (Lipinski definition) is 0. The van der Waals surface area contributed by atoms with Crippen LogP contribution in [0.3, 0.4) is 0 Å². The van der Waals surface area contributed by atoms with Crippen LogP contribution in [0.15, 0.2) is 97.1 Å². The minimum Gasteiger partial charge on any atom is -0.309 e. The van der Waals surface area contributed by atoms with Crippen molar-refractivity contribution in [2.45, 2.75) is 6.92 Å². The average Bonchev–Trinajstić information content (AvgIpc) is 3.03. The van der Waals surface area contributed by atoms with E-state index in [1.54, 1.807) is 0 Å². The molecule has 0 saturated carbocycles. The molecule has 0 N–H and O–H groups in total. The quantitative estimate of drug-likeness (QED) is 0.336. The zero-order valence-electron chi connectivity index (χ0n) is 14.7. The van der Waals surface area contributed by atoms with Crippen LogP contribution in [0.1, 0.15) is 5.56 Å². The summed E-state index contributed by atoms with van der Waals surface area (Å²) in [4.78, 5) is 0. The predicted octanol–water partition coefficient (Wildman–Crippen LogP) is 6.76. The van der Waals surface area contributed by atoms with Gasteiger partial charge < -0.3 is 4.57 Å². The fraction of sp³-hybridized carbons (Fsp3) is 0.0400. The Morgan fingerprint density at radius 2 is 1.19 bits per heavy atom. The monoisotopic (exact) mass is 333 g/mol. The van der Waals surface area contributed by atoms with Crippen LogP contribution in [-0.2, 0) is 0 Å². The smallest absolute Gasteiger partial charge is 0.0541 e. The zero-order chi connectivity index (χ0) is 17.5. The lowest BCUT2D eigenvalue weighted by molar-refractivity contribution is 1.18. The van der Waals surface area contributed by atoms with Gasteiger partial charge >= 0.3 is 0 Å². The normalized spacial score (nSPS) is 11.3. The second-order valence-corrected chi connectivity index (χ2v) is 6.79. The number of aryl methyl sites for hydroxylation is 1. The van der Waals surface area contributed by atoms with Crippen LogP contribution >= 0.6 is 0 Å². The largest absolute Gasteiger partial charge is 0.309 e. The Kier molecular flexibility index (Phi) is 3.39. The van der Waals surface area contributed by atoms with Gasteiger partial charge in [0.2, 0.25) is 0 Å². The van der Waals surface area contributed by atoms with Crippen LogP contribution in [0, 0.1) is 6.92 Å². The Hall–Kier alpha value is -3.32. The Morgan fingerprint density at radius 3 is 2.00 bits per heavy atom. The van der Waals surface area contributed by atoms with Gasteiger partial charge in [-0.2, -0.15) is 0 Å². The first kappa shape index (κ1) is 15.0. The van der Waals surface area contributed by atoms with Crippen LogP contribution in [0.25, 0.3) is 38.6 Å². The van der Waals surface area contributed by atoms with Gasteiger partial charge in [-0.3, -0.25) is 0 Å². The van der Waals surface area contributed by atoms with Gasteiger partial charge in [-0.1, -0.05) is 72.3 Å². The first-order valence-electron chi connectivity index (χ1n) is 8.97. The van der Waals surface area contributed by atoms with E-state index in [1.165, 1.54) is 44.2 Å². The lowest BCUT2D eigenvalue weighted by Gasteiger charge is -2.08. The van der Waals surface area contributed by atoms with Gasteiger partial charge in [0, 0.05) is 16.5 Å². The van der Waals surface area contributed by atoms with Crippen molar-refractivity contribution in [1.82, 2.24) is 4.57 Å². The van der Waals surface area contributed by atoms with Crippen molar-refractivity contribution in [2.75, 3.05) is 0 Å². The number of nitrogens with zero attached hydrogens (tertiary/aromatic N) is 1. The van der Waals surface area contributed by atoms with Gasteiger partial charge in [-0.05, 0) is 48.4 Å². The summed E-state index contributed by atoms with van der Waals surface area (Å²) < 4.78 is 2.35. The van der Waals surface area contributed by atoms with E-state index in [1.807, 2.05) is 0 Å². The number of fused-ring (bicyclic) bond motifs is 3. The van der Waals surface area contributed by atoms with Crippen molar-refractivity contribution in [2.24, 2.45) is 0 Å². The molecule has 0 spiro atoms. The molecule has 0 fully saturated rings. The maximum Gasteiger partial charge on any atom is 0.0541 e. The Morgan fingerprint density at radius 1 is 0.538 bits per heavy atom. The zero-order valence-corrected chi connectivity index (χ0v) is 14.7. The fourth-order valence-corrected chi connectivity index (χ4v) is 3.75. The van der Waals surface area contributed by atoms with Crippen molar-refractivity contribution < 1.29 is 0 Å². The highest BCUT2D eigenvalue weighted by Gasteiger charge is 2.12. The molecule has 0 radical (unpaired) electrons. The topological polar surface area (TPSA) is 4.93 Å². The van der Waals surface area contributed by atoms with Gasteiger partial charge in [0.05, 0.1) is 11.0 Å². The molecule has 0 aliphatic rings. The molecular weight excluding hydrogens is 314 g/mol. The molecule has 1 nitrogen and oxygen atoms in total. The molecule has 0 unspecified atom stereocenters. The number of rotatable bonds is 2. The summed E-state index contributed by atoms with van der Waals surface area (Å²) in [5.41, 5.74) is 7.49. The lowest BCUT2D eigenvalue weighted by Crippen LogP contribution is -1.92. The highest BCUT2D eigenvalue weighted by atomic mass is 15.0. The summed E-state index contributed by atoms with van der Waals surface area (Å²) >= 11 is 0. The first-order chi connectivity index (χ1) is 12.8. The third-order valence-electron chi connectivity index (χ3n) is 5.07. The van der Waals surface area contributed by atoms with Gasteiger partial charge in [0.1, 0.15) is 0 Å².